The first-order valence-corrected chi connectivity index (χ1v) is 5.88. The van der Waals surface area contributed by atoms with Crippen molar-refractivity contribution < 1.29 is 14.3 Å². The molecule has 1 fully saturated rings. The molecule has 0 radical (unpaired) electrons. The number of likely N-dealkylation sites (tertiary alicyclic amines) is 1. The van der Waals surface area contributed by atoms with Crippen LogP contribution in [0.2, 0.25) is 0 Å². The summed E-state index contributed by atoms with van der Waals surface area (Å²) in [4.78, 5) is 24.5. The highest BCUT2D eigenvalue weighted by molar-refractivity contribution is 6.64. The number of halogens is 1. The van der Waals surface area contributed by atoms with Crippen LogP contribution in [0.4, 0.5) is 4.79 Å². The number of piperidine rings is 1. The van der Waals surface area contributed by atoms with Crippen LogP contribution in [0, 0.1) is 0 Å². The zero-order valence-corrected chi connectivity index (χ0v) is 10.7. The molecule has 16 heavy (non-hydrogen) atoms. The summed E-state index contributed by atoms with van der Waals surface area (Å²) in [6.07, 6.45) is 1.98. The van der Waals surface area contributed by atoms with Gasteiger partial charge in [-0.25, -0.2) is 4.79 Å². The first-order valence-electron chi connectivity index (χ1n) is 5.50. The van der Waals surface area contributed by atoms with Gasteiger partial charge in [-0.15, -0.1) is 0 Å². The molecule has 1 amide bonds. The summed E-state index contributed by atoms with van der Waals surface area (Å²) >= 11 is 5.48. The normalized spacial score (nSPS) is 21.8. The molecule has 1 aliphatic rings. The Bertz CT molecular complexity index is 285. The van der Waals surface area contributed by atoms with Crippen LogP contribution in [0.25, 0.3) is 0 Å². The number of rotatable bonds is 1. The van der Waals surface area contributed by atoms with E-state index in [2.05, 4.69) is 0 Å². The zero-order chi connectivity index (χ0) is 12.3. The molecule has 0 spiro atoms. The zero-order valence-electron chi connectivity index (χ0n) is 9.96. The van der Waals surface area contributed by atoms with Crippen LogP contribution in [0.5, 0.6) is 0 Å². The van der Waals surface area contributed by atoms with Gasteiger partial charge in [0.2, 0.25) is 5.24 Å². The standard InChI is InChI=1S/C11H18ClNO3/c1-11(2,3)16-10(15)13-7-5-4-6-8(13)9(12)14/h8H,4-7H2,1-3H3. The monoisotopic (exact) mass is 247 g/mol. The van der Waals surface area contributed by atoms with Gasteiger partial charge in [-0.1, -0.05) is 0 Å². The highest BCUT2D eigenvalue weighted by Crippen LogP contribution is 2.21. The average Bonchev–Trinajstić information content (AvgIpc) is 2.15. The summed E-state index contributed by atoms with van der Waals surface area (Å²) in [5.74, 6) is 0. The smallest absolute Gasteiger partial charge is 0.410 e. The van der Waals surface area contributed by atoms with Crippen molar-refractivity contribution in [3.8, 4) is 0 Å². The van der Waals surface area contributed by atoms with Gasteiger partial charge in [-0.3, -0.25) is 9.69 Å². The van der Waals surface area contributed by atoms with Gasteiger partial charge in [0.1, 0.15) is 11.6 Å². The number of carbonyl (C=O) groups excluding carboxylic acids is 2. The summed E-state index contributed by atoms with van der Waals surface area (Å²) in [5.41, 5.74) is -0.547. The lowest BCUT2D eigenvalue weighted by Crippen LogP contribution is -2.48. The third-order valence-corrected chi connectivity index (χ3v) is 2.64. The maximum Gasteiger partial charge on any atom is 0.410 e. The van der Waals surface area contributed by atoms with Crippen LogP contribution in [0.3, 0.4) is 0 Å². The molecule has 1 saturated heterocycles. The summed E-state index contributed by atoms with van der Waals surface area (Å²) in [5, 5.41) is -0.481. The molecule has 1 aliphatic heterocycles. The summed E-state index contributed by atoms with van der Waals surface area (Å²) in [7, 11) is 0. The molecular weight excluding hydrogens is 230 g/mol. The topological polar surface area (TPSA) is 46.6 Å². The van der Waals surface area contributed by atoms with Gasteiger partial charge in [0.25, 0.3) is 0 Å². The van der Waals surface area contributed by atoms with Gasteiger partial charge in [0, 0.05) is 6.54 Å². The molecule has 0 aliphatic carbocycles. The van der Waals surface area contributed by atoms with Crippen molar-refractivity contribution in [3.63, 3.8) is 0 Å². The minimum Gasteiger partial charge on any atom is -0.444 e. The minimum atomic E-state index is -0.547. The molecule has 1 heterocycles. The van der Waals surface area contributed by atoms with Gasteiger partial charge in [0.15, 0.2) is 0 Å². The Labute approximate surface area is 101 Å². The van der Waals surface area contributed by atoms with Crippen molar-refractivity contribution in [2.75, 3.05) is 6.54 Å². The molecular formula is C11H18ClNO3. The van der Waals surface area contributed by atoms with Crippen LogP contribution in [0.1, 0.15) is 40.0 Å². The Kier molecular flexibility index (Phi) is 4.19. The maximum absolute atomic E-state index is 11.8. The first kappa shape index (κ1) is 13.3. The van der Waals surface area contributed by atoms with Crippen molar-refractivity contribution in [2.24, 2.45) is 0 Å². The fourth-order valence-corrected chi connectivity index (χ4v) is 1.93. The largest absolute Gasteiger partial charge is 0.444 e. The Morgan fingerprint density at radius 2 is 1.94 bits per heavy atom. The van der Waals surface area contributed by atoms with E-state index in [9.17, 15) is 9.59 Å². The highest BCUT2D eigenvalue weighted by atomic mass is 35.5. The second-order valence-corrected chi connectivity index (χ2v) is 5.36. The van der Waals surface area contributed by atoms with Crippen LogP contribution in [-0.4, -0.2) is 34.4 Å². The van der Waals surface area contributed by atoms with Crippen LogP contribution < -0.4 is 0 Å². The van der Waals surface area contributed by atoms with E-state index in [1.54, 1.807) is 20.8 Å². The van der Waals surface area contributed by atoms with Crippen LogP contribution in [-0.2, 0) is 9.53 Å². The van der Waals surface area contributed by atoms with E-state index in [4.69, 9.17) is 16.3 Å². The third kappa shape index (κ3) is 3.67. The SMILES string of the molecule is CC(C)(C)OC(=O)N1CCCCC1C(=O)Cl. The van der Waals surface area contributed by atoms with Gasteiger partial charge in [-0.05, 0) is 51.6 Å². The number of nitrogens with zero attached hydrogens (tertiary/aromatic N) is 1. The van der Waals surface area contributed by atoms with Gasteiger partial charge in [0.05, 0.1) is 0 Å². The Morgan fingerprint density at radius 3 is 2.44 bits per heavy atom. The van der Waals surface area contributed by atoms with Crippen molar-refractivity contribution in [1.29, 1.82) is 0 Å². The molecule has 1 unspecified atom stereocenters. The summed E-state index contributed by atoms with van der Waals surface area (Å²) in [6.45, 7) is 5.93. The molecule has 5 heteroatoms. The molecule has 0 N–H and O–H groups in total. The van der Waals surface area contributed by atoms with Crippen molar-refractivity contribution in [2.45, 2.75) is 51.7 Å². The van der Waals surface area contributed by atoms with Gasteiger partial charge < -0.3 is 4.74 Å². The second kappa shape index (κ2) is 5.04. The van der Waals surface area contributed by atoms with E-state index in [-0.39, 0.29) is 0 Å². The Morgan fingerprint density at radius 1 is 1.31 bits per heavy atom. The summed E-state index contributed by atoms with van der Waals surface area (Å²) < 4.78 is 5.23. The number of hydrogen-bond donors (Lipinski definition) is 0. The predicted octanol–water partition coefficient (Wildman–Crippen LogP) is 2.54. The van der Waals surface area contributed by atoms with E-state index in [0.717, 1.165) is 12.8 Å². The number of carbonyl (C=O) groups is 2. The molecule has 92 valence electrons. The van der Waals surface area contributed by atoms with E-state index >= 15 is 0 Å². The van der Waals surface area contributed by atoms with Crippen LogP contribution >= 0.6 is 11.6 Å². The van der Waals surface area contributed by atoms with Crippen molar-refractivity contribution >= 4 is 22.9 Å². The van der Waals surface area contributed by atoms with E-state index in [1.807, 2.05) is 0 Å². The molecule has 0 aromatic heterocycles. The Balaban J connectivity index is 2.68. The molecule has 0 aromatic carbocycles. The first-order chi connectivity index (χ1) is 7.31. The number of amides is 1. The second-order valence-electron chi connectivity index (χ2n) is 4.99. The van der Waals surface area contributed by atoms with Gasteiger partial charge in [-0.2, -0.15) is 0 Å². The lowest BCUT2D eigenvalue weighted by atomic mass is 10.0. The quantitative estimate of drug-likeness (QED) is 0.669. The molecule has 1 rings (SSSR count). The average molecular weight is 248 g/mol. The van der Waals surface area contributed by atoms with Crippen LogP contribution in [0.15, 0.2) is 0 Å². The fourth-order valence-electron chi connectivity index (χ4n) is 1.71. The maximum atomic E-state index is 11.8. The van der Waals surface area contributed by atoms with Crippen molar-refractivity contribution in [3.05, 3.63) is 0 Å². The predicted molar refractivity (Wildman–Crippen MR) is 61.4 cm³/mol. The molecule has 1 atom stereocenters. The Hall–Kier alpha value is -0.770. The number of ether oxygens (including phenoxy) is 1. The molecule has 0 bridgehead atoms. The van der Waals surface area contributed by atoms with Crippen molar-refractivity contribution in [1.82, 2.24) is 4.90 Å². The fraction of sp³-hybridized carbons (Fsp3) is 0.818. The lowest BCUT2D eigenvalue weighted by Gasteiger charge is -2.34. The summed E-state index contributed by atoms with van der Waals surface area (Å²) in [6, 6.07) is -0.523. The third-order valence-electron chi connectivity index (χ3n) is 2.39. The highest BCUT2D eigenvalue weighted by Gasteiger charge is 2.33. The molecule has 0 saturated carbocycles. The van der Waals surface area contributed by atoms with Gasteiger partial charge >= 0.3 is 6.09 Å². The minimum absolute atomic E-state index is 0.453. The molecule has 4 nitrogen and oxygen atoms in total. The lowest BCUT2D eigenvalue weighted by molar-refractivity contribution is -0.117. The van der Waals surface area contributed by atoms with E-state index in [1.165, 1.54) is 4.90 Å². The number of hydrogen-bond acceptors (Lipinski definition) is 3. The van der Waals surface area contributed by atoms with E-state index in [0.29, 0.717) is 13.0 Å². The van der Waals surface area contributed by atoms with E-state index < -0.39 is 23.0 Å². The molecule has 0 aromatic rings.